The van der Waals surface area contributed by atoms with Crippen LogP contribution in [0, 0.1) is 0 Å². The number of hydrogen-bond acceptors (Lipinski definition) is 5. The fraction of sp³-hybridized carbons (Fsp3) is 0.364. The first-order chi connectivity index (χ1) is 7.69. The molecule has 0 aliphatic carbocycles. The minimum atomic E-state index is 0.688. The number of nitrogens with zero attached hydrogens (tertiary/aromatic N) is 2. The third kappa shape index (κ3) is 2.43. The molecule has 2 rings (SSSR count). The fourth-order valence-electron chi connectivity index (χ4n) is 1.40. The number of nitrogens with one attached hydrogen (secondary N) is 1. The van der Waals surface area contributed by atoms with Gasteiger partial charge in [-0.15, -0.1) is 0 Å². The molecule has 86 valence electrons. The highest BCUT2D eigenvalue weighted by molar-refractivity contribution is 7.22. The number of benzene rings is 1. The number of aromatic nitrogens is 1. The van der Waals surface area contributed by atoms with Crippen LogP contribution >= 0.6 is 11.3 Å². The molecule has 0 aliphatic heterocycles. The van der Waals surface area contributed by atoms with Crippen molar-refractivity contribution < 1.29 is 4.74 Å². The number of hydrazine groups is 1. The molecule has 5 heteroatoms. The molecular formula is C11H15N3OS. The van der Waals surface area contributed by atoms with Crippen LogP contribution in [0.2, 0.25) is 0 Å². The van der Waals surface area contributed by atoms with Crippen LogP contribution in [-0.2, 0) is 0 Å². The van der Waals surface area contributed by atoms with Gasteiger partial charge in [-0.25, -0.2) is 9.99 Å². The third-order valence-corrected chi connectivity index (χ3v) is 2.91. The summed E-state index contributed by atoms with van der Waals surface area (Å²) in [5.74, 6) is 0.898. The highest BCUT2D eigenvalue weighted by atomic mass is 32.1. The summed E-state index contributed by atoms with van der Waals surface area (Å²) in [4.78, 5) is 4.46. The molecule has 0 saturated heterocycles. The highest BCUT2D eigenvalue weighted by Gasteiger charge is 2.05. The van der Waals surface area contributed by atoms with E-state index in [1.54, 1.807) is 11.3 Å². The molecule has 0 spiro atoms. The minimum absolute atomic E-state index is 0.688. The predicted molar refractivity (Wildman–Crippen MR) is 68.1 cm³/mol. The Bertz CT molecular complexity index is 481. The van der Waals surface area contributed by atoms with Gasteiger partial charge in [-0.2, -0.15) is 0 Å². The van der Waals surface area contributed by atoms with E-state index in [1.165, 1.54) is 0 Å². The Morgan fingerprint density at radius 3 is 2.94 bits per heavy atom. The highest BCUT2D eigenvalue weighted by Crippen LogP contribution is 2.29. The minimum Gasteiger partial charge on any atom is -0.494 e. The lowest BCUT2D eigenvalue weighted by Crippen LogP contribution is -2.19. The van der Waals surface area contributed by atoms with E-state index in [-0.39, 0.29) is 0 Å². The molecular weight excluding hydrogens is 222 g/mol. The van der Waals surface area contributed by atoms with Crippen LogP contribution < -0.4 is 10.2 Å². The summed E-state index contributed by atoms with van der Waals surface area (Å²) < 4.78 is 6.59. The van der Waals surface area contributed by atoms with Crippen LogP contribution in [0.4, 0.5) is 5.13 Å². The van der Waals surface area contributed by atoms with Gasteiger partial charge in [0.05, 0.1) is 16.8 Å². The zero-order chi connectivity index (χ0) is 11.5. The smallest absolute Gasteiger partial charge is 0.198 e. The van der Waals surface area contributed by atoms with E-state index in [1.807, 2.05) is 44.2 Å². The van der Waals surface area contributed by atoms with Crippen molar-refractivity contribution in [3.63, 3.8) is 0 Å². The Balaban J connectivity index is 2.30. The summed E-state index contributed by atoms with van der Waals surface area (Å²) >= 11 is 1.62. The third-order valence-electron chi connectivity index (χ3n) is 1.99. The van der Waals surface area contributed by atoms with Gasteiger partial charge in [-0.05, 0) is 25.1 Å². The second-order valence-electron chi connectivity index (χ2n) is 3.59. The molecule has 0 atom stereocenters. The molecule has 0 unspecified atom stereocenters. The number of hydrogen-bond donors (Lipinski definition) is 1. The molecule has 0 saturated carbocycles. The second-order valence-corrected chi connectivity index (χ2v) is 4.62. The molecule has 2 aromatic rings. The number of fused-ring (bicyclic) bond motifs is 1. The van der Waals surface area contributed by atoms with Crippen LogP contribution in [0.3, 0.4) is 0 Å². The first-order valence-corrected chi connectivity index (χ1v) is 5.98. The average molecular weight is 237 g/mol. The van der Waals surface area contributed by atoms with Crippen LogP contribution in [0.15, 0.2) is 18.2 Å². The van der Waals surface area contributed by atoms with Gasteiger partial charge in [0.2, 0.25) is 0 Å². The summed E-state index contributed by atoms with van der Waals surface area (Å²) in [6.07, 6.45) is 0. The van der Waals surface area contributed by atoms with Crippen LogP contribution in [0.5, 0.6) is 5.75 Å². The van der Waals surface area contributed by atoms with Gasteiger partial charge in [-0.3, -0.25) is 5.43 Å². The van der Waals surface area contributed by atoms with Crippen LogP contribution in [0.1, 0.15) is 6.92 Å². The fourth-order valence-corrected chi connectivity index (χ4v) is 2.37. The lowest BCUT2D eigenvalue weighted by atomic mass is 10.3. The zero-order valence-corrected chi connectivity index (χ0v) is 10.5. The number of rotatable bonds is 4. The Morgan fingerprint density at radius 1 is 1.44 bits per heavy atom. The monoisotopic (exact) mass is 237 g/mol. The van der Waals surface area contributed by atoms with Gasteiger partial charge in [0.25, 0.3) is 0 Å². The van der Waals surface area contributed by atoms with Gasteiger partial charge in [-0.1, -0.05) is 11.3 Å². The van der Waals surface area contributed by atoms with Gasteiger partial charge < -0.3 is 4.74 Å². The number of ether oxygens (including phenoxy) is 1. The SMILES string of the molecule is CCOc1ccc2nc(NN(C)C)sc2c1. The number of anilines is 1. The molecule has 4 nitrogen and oxygen atoms in total. The van der Waals surface area contributed by atoms with E-state index in [0.29, 0.717) is 6.61 Å². The lowest BCUT2D eigenvalue weighted by Gasteiger charge is -2.08. The molecule has 0 radical (unpaired) electrons. The van der Waals surface area contributed by atoms with Crippen molar-refractivity contribution in [1.29, 1.82) is 0 Å². The maximum Gasteiger partial charge on any atom is 0.198 e. The van der Waals surface area contributed by atoms with E-state index in [2.05, 4.69) is 10.4 Å². The standard InChI is InChI=1S/C11H15N3OS/c1-4-15-8-5-6-9-10(7-8)16-11(12-9)13-14(2)3/h5-7H,4H2,1-3H3,(H,12,13). The Labute approximate surface area is 98.8 Å². The second kappa shape index (κ2) is 4.67. The van der Waals surface area contributed by atoms with Crippen LogP contribution in [-0.4, -0.2) is 30.7 Å². The van der Waals surface area contributed by atoms with E-state index < -0.39 is 0 Å². The molecule has 0 fully saturated rings. The summed E-state index contributed by atoms with van der Waals surface area (Å²) in [5.41, 5.74) is 4.14. The van der Waals surface area contributed by atoms with E-state index in [0.717, 1.165) is 21.1 Å². The summed E-state index contributed by atoms with van der Waals surface area (Å²) in [6, 6.07) is 5.96. The van der Waals surface area contributed by atoms with Crippen molar-refractivity contribution in [1.82, 2.24) is 9.99 Å². The van der Waals surface area contributed by atoms with Crippen molar-refractivity contribution in [2.45, 2.75) is 6.92 Å². The lowest BCUT2D eigenvalue weighted by molar-refractivity contribution is 0.341. The van der Waals surface area contributed by atoms with Crippen molar-refractivity contribution >= 4 is 26.7 Å². The van der Waals surface area contributed by atoms with Crippen molar-refractivity contribution in [2.75, 3.05) is 26.1 Å². The van der Waals surface area contributed by atoms with E-state index >= 15 is 0 Å². The van der Waals surface area contributed by atoms with E-state index in [4.69, 9.17) is 4.74 Å². The van der Waals surface area contributed by atoms with Crippen molar-refractivity contribution in [3.8, 4) is 5.75 Å². The maximum absolute atomic E-state index is 5.45. The molecule has 1 aromatic heterocycles. The topological polar surface area (TPSA) is 37.4 Å². The van der Waals surface area contributed by atoms with Crippen LogP contribution in [0.25, 0.3) is 10.2 Å². The zero-order valence-electron chi connectivity index (χ0n) is 9.65. The molecule has 1 N–H and O–H groups in total. The van der Waals surface area contributed by atoms with E-state index in [9.17, 15) is 0 Å². The molecule has 0 bridgehead atoms. The van der Waals surface area contributed by atoms with Gasteiger partial charge in [0.15, 0.2) is 5.13 Å². The Morgan fingerprint density at radius 2 is 2.25 bits per heavy atom. The summed E-state index contributed by atoms with van der Waals surface area (Å²) in [5, 5.41) is 2.77. The first-order valence-electron chi connectivity index (χ1n) is 5.16. The molecule has 0 aliphatic rings. The molecule has 0 amide bonds. The summed E-state index contributed by atoms with van der Waals surface area (Å²) in [6.45, 7) is 2.67. The van der Waals surface area contributed by atoms with Crippen molar-refractivity contribution in [2.24, 2.45) is 0 Å². The molecule has 1 aromatic carbocycles. The normalized spacial score (nSPS) is 11.0. The largest absolute Gasteiger partial charge is 0.494 e. The Hall–Kier alpha value is -1.33. The van der Waals surface area contributed by atoms with Gasteiger partial charge in [0.1, 0.15) is 5.75 Å². The predicted octanol–water partition coefficient (Wildman–Crippen LogP) is 2.58. The Kier molecular flexibility index (Phi) is 3.26. The molecule has 16 heavy (non-hydrogen) atoms. The van der Waals surface area contributed by atoms with Crippen molar-refractivity contribution in [3.05, 3.63) is 18.2 Å². The molecule has 1 heterocycles. The summed E-state index contributed by atoms with van der Waals surface area (Å²) in [7, 11) is 3.88. The average Bonchev–Trinajstić information content (AvgIpc) is 2.58. The van der Waals surface area contributed by atoms with Gasteiger partial charge in [0, 0.05) is 14.1 Å². The number of thiazole rings is 1. The van der Waals surface area contributed by atoms with Gasteiger partial charge >= 0.3 is 0 Å². The quantitative estimate of drug-likeness (QED) is 0.829. The maximum atomic E-state index is 5.45. The first kappa shape index (κ1) is 11.2.